The van der Waals surface area contributed by atoms with E-state index in [1.807, 2.05) is 0 Å². The van der Waals surface area contributed by atoms with Gasteiger partial charge in [0.15, 0.2) is 0 Å². The van der Waals surface area contributed by atoms with Crippen LogP contribution in [0.4, 0.5) is 8.78 Å². The molecule has 0 aliphatic heterocycles. The Bertz CT molecular complexity index is 125. The van der Waals surface area contributed by atoms with Crippen LogP contribution in [0.1, 0.15) is 32.1 Å². The highest BCUT2D eigenvalue weighted by atomic mass is 19.3. The van der Waals surface area contributed by atoms with Gasteiger partial charge in [-0.3, -0.25) is 0 Å². The van der Waals surface area contributed by atoms with Gasteiger partial charge in [0, 0.05) is 12.3 Å². The number of rotatable bonds is 1. The van der Waals surface area contributed by atoms with Gasteiger partial charge in [-0.15, -0.1) is 0 Å². The van der Waals surface area contributed by atoms with Crippen molar-refractivity contribution >= 4 is 0 Å². The minimum Gasteiger partial charge on any atom is -0.396 e. The highest BCUT2D eigenvalue weighted by Crippen LogP contribution is 2.36. The second-order valence-electron chi connectivity index (χ2n) is 3.24. The zero-order valence-corrected chi connectivity index (χ0v) is 6.52. The van der Waals surface area contributed by atoms with Gasteiger partial charge in [-0.05, 0) is 12.8 Å². The third kappa shape index (κ3) is 2.12. The summed E-state index contributed by atoms with van der Waals surface area (Å²) in [5, 5.41) is 8.67. The van der Waals surface area contributed by atoms with Crippen molar-refractivity contribution in [2.75, 3.05) is 6.61 Å². The summed E-state index contributed by atoms with van der Waals surface area (Å²) in [4.78, 5) is 0. The smallest absolute Gasteiger partial charge is 0.253 e. The number of alkyl halides is 2. The maximum atomic E-state index is 13.0. The van der Waals surface area contributed by atoms with Crippen molar-refractivity contribution in [2.24, 2.45) is 5.92 Å². The van der Waals surface area contributed by atoms with Crippen molar-refractivity contribution in [2.45, 2.75) is 38.0 Å². The van der Waals surface area contributed by atoms with E-state index in [4.69, 9.17) is 5.11 Å². The van der Waals surface area contributed by atoms with Gasteiger partial charge in [-0.25, -0.2) is 8.78 Å². The highest BCUT2D eigenvalue weighted by molar-refractivity contribution is 4.79. The molecule has 66 valence electrons. The lowest BCUT2D eigenvalue weighted by Crippen LogP contribution is -2.29. The van der Waals surface area contributed by atoms with Crippen LogP contribution in [-0.4, -0.2) is 17.6 Å². The fourth-order valence-corrected chi connectivity index (χ4v) is 1.57. The molecule has 1 nitrogen and oxygen atoms in total. The summed E-state index contributed by atoms with van der Waals surface area (Å²) in [6, 6.07) is 0. The van der Waals surface area contributed by atoms with Gasteiger partial charge in [0.05, 0.1) is 6.61 Å². The molecule has 1 saturated carbocycles. The van der Waals surface area contributed by atoms with Crippen LogP contribution in [0.15, 0.2) is 0 Å². The number of aliphatic hydroxyl groups excluding tert-OH is 1. The summed E-state index contributed by atoms with van der Waals surface area (Å²) in [5.74, 6) is -3.41. The quantitative estimate of drug-likeness (QED) is 0.589. The van der Waals surface area contributed by atoms with E-state index < -0.39 is 11.8 Å². The third-order valence-corrected chi connectivity index (χ3v) is 2.38. The summed E-state index contributed by atoms with van der Waals surface area (Å²) >= 11 is 0. The SMILES string of the molecule is OCC1CCCCCC1(F)F. The second-order valence-corrected chi connectivity index (χ2v) is 3.24. The molecule has 1 fully saturated rings. The van der Waals surface area contributed by atoms with E-state index in [0.29, 0.717) is 12.8 Å². The van der Waals surface area contributed by atoms with Gasteiger partial charge in [0.25, 0.3) is 5.92 Å². The first kappa shape index (κ1) is 8.91. The van der Waals surface area contributed by atoms with Gasteiger partial charge >= 0.3 is 0 Å². The van der Waals surface area contributed by atoms with Gasteiger partial charge in [-0.1, -0.05) is 12.8 Å². The molecule has 1 rings (SSSR count). The van der Waals surface area contributed by atoms with E-state index >= 15 is 0 Å². The van der Waals surface area contributed by atoms with Crippen molar-refractivity contribution in [3.8, 4) is 0 Å². The molecule has 11 heavy (non-hydrogen) atoms. The Labute approximate surface area is 65.4 Å². The Hall–Kier alpha value is -0.180. The minimum absolute atomic E-state index is 0.0434. The highest BCUT2D eigenvalue weighted by Gasteiger charge is 2.39. The Morgan fingerprint density at radius 3 is 2.64 bits per heavy atom. The number of hydrogen-bond donors (Lipinski definition) is 1. The van der Waals surface area contributed by atoms with Crippen LogP contribution in [0, 0.1) is 5.92 Å². The molecule has 3 heteroatoms. The molecular weight excluding hydrogens is 150 g/mol. The van der Waals surface area contributed by atoms with Crippen molar-refractivity contribution < 1.29 is 13.9 Å². The molecule has 0 amide bonds. The van der Waals surface area contributed by atoms with E-state index in [2.05, 4.69) is 0 Å². The molecule has 1 aliphatic rings. The Kier molecular flexibility index (Phi) is 2.82. The van der Waals surface area contributed by atoms with E-state index in [1.165, 1.54) is 0 Å². The maximum absolute atomic E-state index is 13.0. The lowest BCUT2D eigenvalue weighted by molar-refractivity contribution is -0.0801. The van der Waals surface area contributed by atoms with Crippen molar-refractivity contribution in [1.29, 1.82) is 0 Å². The molecule has 0 radical (unpaired) electrons. The second kappa shape index (κ2) is 3.48. The number of hydrogen-bond acceptors (Lipinski definition) is 1. The molecule has 0 saturated heterocycles. The fourth-order valence-electron chi connectivity index (χ4n) is 1.57. The van der Waals surface area contributed by atoms with Crippen molar-refractivity contribution in [3.05, 3.63) is 0 Å². The molecule has 0 heterocycles. The van der Waals surface area contributed by atoms with Crippen LogP contribution in [0.3, 0.4) is 0 Å². The molecule has 1 aliphatic carbocycles. The van der Waals surface area contributed by atoms with Gasteiger partial charge in [-0.2, -0.15) is 0 Å². The van der Waals surface area contributed by atoms with Crippen LogP contribution < -0.4 is 0 Å². The molecular formula is C8H14F2O. The van der Waals surface area contributed by atoms with Crippen LogP contribution in [0.5, 0.6) is 0 Å². The molecule has 0 spiro atoms. The largest absolute Gasteiger partial charge is 0.396 e. The topological polar surface area (TPSA) is 20.2 Å². The van der Waals surface area contributed by atoms with Crippen LogP contribution in [-0.2, 0) is 0 Å². The van der Waals surface area contributed by atoms with Gasteiger partial charge in [0.2, 0.25) is 0 Å². The third-order valence-electron chi connectivity index (χ3n) is 2.38. The zero-order valence-electron chi connectivity index (χ0n) is 6.52. The first-order valence-corrected chi connectivity index (χ1v) is 4.15. The molecule has 0 aromatic heterocycles. The molecule has 0 aromatic carbocycles. The van der Waals surface area contributed by atoms with Gasteiger partial charge < -0.3 is 5.11 Å². The predicted molar refractivity (Wildman–Crippen MR) is 38.6 cm³/mol. The van der Waals surface area contributed by atoms with Crippen molar-refractivity contribution in [3.63, 3.8) is 0 Å². The molecule has 0 aromatic rings. The average Bonchev–Trinajstić information content (AvgIpc) is 2.10. The molecule has 1 unspecified atom stereocenters. The molecule has 1 atom stereocenters. The van der Waals surface area contributed by atoms with Crippen LogP contribution in [0.25, 0.3) is 0 Å². The summed E-state index contributed by atoms with van der Waals surface area (Å²) in [6.07, 6.45) is 2.75. The lowest BCUT2D eigenvalue weighted by atomic mass is 9.97. The number of halogens is 2. The summed E-state index contributed by atoms with van der Waals surface area (Å²) in [7, 11) is 0. The summed E-state index contributed by atoms with van der Waals surface area (Å²) in [5.41, 5.74) is 0. The standard InChI is InChI=1S/C8H14F2O/c9-8(10)5-3-1-2-4-7(8)6-11/h7,11H,1-6H2. The van der Waals surface area contributed by atoms with E-state index in [1.54, 1.807) is 0 Å². The van der Waals surface area contributed by atoms with Crippen molar-refractivity contribution in [1.82, 2.24) is 0 Å². The first-order valence-electron chi connectivity index (χ1n) is 4.15. The Morgan fingerprint density at radius 2 is 2.00 bits per heavy atom. The Balaban J connectivity index is 2.56. The van der Waals surface area contributed by atoms with Gasteiger partial charge in [0.1, 0.15) is 0 Å². The van der Waals surface area contributed by atoms with E-state index in [0.717, 1.165) is 12.8 Å². The molecule has 1 N–H and O–H groups in total. The average molecular weight is 164 g/mol. The number of aliphatic hydroxyl groups is 1. The first-order chi connectivity index (χ1) is 5.17. The van der Waals surface area contributed by atoms with E-state index in [9.17, 15) is 8.78 Å². The summed E-state index contributed by atoms with van der Waals surface area (Å²) in [6.45, 7) is -0.368. The fraction of sp³-hybridized carbons (Fsp3) is 1.00. The van der Waals surface area contributed by atoms with Crippen LogP contribution >= 0.6 is 0 Å². The molecule has 0 bridgehead atoms. The normalized spacial score (nSPS) is 31.4. The predicted octanol–water partition coefficient (Wildman–Crippen LogP) is 2.19. The minimum atomic E-state index is -2.62. The monoisotopic (exact) mass is 164 g/mol. The lowest BCUT2D eigenvalue weighted by Gasteiger charge is -2.22. The Morgan fingerprint density at radius 1 is 1.27 bits per heavy atom. The maximum Gasteiger partial charge on any atom is 0.253 e. The zero-order chi connectivity index (χ0) is 8.32. The van der Waals surface area contributed by atoms with Crippen LogP contribution in [0.2, 0.25) is 0 Å². The van der Waals surface area contributed by atoms with E-state index in [-0.39, 0.29) is 13.0 Å². The summed E-state index contributed by atoms with van der Waals surface area (Å²) < 4.78 is 25.9.